The second-order valence-corrected chi connectivity index (χ2v) is 7.78. The number of rotatable bonds is 3. The summed E-state index contributed by atoms with van der Waals surface area (Å²) in [6.07, 6.45) is 0.909. The molecule has 2 heterocycles. The van der Waals surface area contributed by atoms with Gasteiger partial charge in [-0.15, -0.1) is 11.3 Å². The molecule has 1 aromatic heterocycles. The van der Waals surface area contributed by atoms with E-state index in [-0.39, 0.29) is 5.91 Å². The highest BCUT2D eigenvalue weighted by atomic mass is 79.9. The first-order valence-electron chi connectivity index (χ1n) is 8.10. The summed E-state index contributed by atoms with van der Waals surface area (Å²) in [7, 11) is 0. The van der Waals surface area contributed by atoms with Crippen molar-refractivity contribution >= 4 is 38.2 Å². The Morgan fingerprint density at radius 2 is 1.92 bits per heavy atom. The molecule has 4 rings (SSSR count). The highest BCUT2D eigenvalue weighted by Gasteiger charge is 2.27. The lowest BCUT2D eigenvalue weighted by Gasteiger charge is -2.24. The van der Waals surface area contributed by atoms with Gasteiger partial charge in [0.05, 0.1) is 5.00 Å². The smallest absolute Gasteiger partial charge is 0.248 e. The molecule has 0 fully saturated rings. The third-order valence-electron chi connectivity index (χ3n) is 4.31. The molecule has 0 bridgehead atoms. The third-order valence-corrected chi connectivity index (χ3v) is 5.69. The van der Waals surface area contributed by atoms with Crippen LogP contribution in [0.2, 0.25) is 0 Å². The van der Waals surface area contributed by atoms with Gasteiger partial charge in [-0.2, -0.15) is 0 Å². The summed E-state index contributed by atoms with van der Waals surface area (Å²) in [4.78, 5) is 12.7. The Labute approximate surface area is 159 Å². The van der Waals surface area contributed by atoms with Crippen molar-refractivity contribution in [2.24, 2.45) is 0 Å². The van der Waals surface area contributed by atoms with Gasteiger partial charge < -0.3 is 5.32 Å². The zero-order valence-corrected chi connectivity index (χ0v) is 15.8. The van der Waals surface area contributed by atoms with E-state index in [1.54, 1.807) is 0 Å². The van der Waals surface area contributed by atoms with E-state index in [9.17, 15) is 4.79 Å². The number of amides is 1. The topological polar surface area (TPSA) is 43.2 Å². The van der Waals surface area contributed by atoms with Crippen LogP contribution in [0.1, 0.15) is 17.2 Å². The maximum atomic E-state index is 12.7. The highest BCUT2D eigenvalue weighted by Crippen LogP contribution is 2.31. The minimum Gasteiger partial charge on any atom is -0.316 e. The van der Waals surface area contributed by atoms with Crippen LogP contribution in [0.15, 0.2) is 64.5 Å². The Balaban J connectivity index is 1.52. The summed E-state index contributed by atoms with van der Waals surface area (Å²) in [5.41, 5.74) is 4.48. The maximum Gasteiger partial charge on any atom is 0.248 e. The molecule has 125 valence electrons. The van der Waals surface area contributed by atoms with Crippen LogP contribution in [-0.4, -0.2) is 12.5 Å². The molecule has 3 nitrogen and oxygen atoms in total. The molecular formula is C20H16BrN2OS. The van der Waals surface area contributed by atoms with Gasteiger partial charge in [0.25, 0.3) is 0 Å². The standard InChI is InChI=1S/C20H16BrN2OS/c21-16-7-5-13(6-8-16)15-11-18(25-12-15)23-20(24)19-17-4-2-1-3-14(17)9-10-22-19/h1-8,11-12,19H,9-10H2,(H,23,24). The number of hydrogen-bond donors (Lipinski definition) is 1. The second-order valence-electron chi connectivity index (χ2n) is 5.95. The predicted octanol–water partition coefficient (Wildman–Crippen LogP) is 5.02. The lowest BCUT2D eigenvalue weighted by molar-refractivity contribution is -0.118. The quantitative estimate of drug-likeness (QED) is 0.645. The minimum absolute atomic E-state index is 0.0589. The Kier molecular flexibility index (Phi) is 4.70. The molecule has 3 aromatic rings. The zero-order chi connectivity index (χ0) is 17.2. The predicted molar refractivity (Wildman–Crippen MR) is 106 cm³/mol. The number of anilines is 1. The van der Waals surface area contributed by atoms with E-state index in [2.05, 4.69) is 50.1 Å². The molecule has 5 heteroatoms. The van der Waals surface area contributed by atoms with E-state index in [0.29, 0.717) is 6.54 Å². The molecule has 1 aliphatic rings. The molecular weight excluding hydrogens is 396 g/mol. The number of thiophene rings is 1. The van der Waals surface area contributed by atoms with Gasteiger partial charge in [-0.1, -0.05) is 52.3 Å². The summed E-state index contributed by atoms with van der Waals surface area (Å²) in [5, 5.41) is 10.5. The average molecular weight is 412 g/mol. The van der Waals surface area contributed by atoms with E-state index in [1.165, 1.54) is 16.9 Å². The largest absolute Gasteiger partial charge is 0.316 e. The molecule has 1 radical (unpaired) electrons. The van der Waals surface area contributed by atoms with Crippen molar-refractivity contribution in [1.29, 1.82) is 0 Å². The summed E-state index contributed by atoms with van der Waals surface area (Å²) < 4.78 is 1.05. The van der Waals surface area contributed by atoms with Gasteiger partial charge in [0.2, 0.25) is 5.91 Å². The molecule has 1 unspecified atom stereocenters. The summed E-state index contributed by atoms with van der Waals surface area (Å²) in [5.74, 6) is -0.0589. The lowest BCUT2D eigenvalue weighted by atomic mass is 9.94. The van der Waals surface area contributed by atoms with Crippen LogP contribution < -0.4 is 10.6 Å². The summed E-state index contributed by atoms with van der Waals surface area (Å²) >= 11 is 4.99. The van der Waals surface area contributed by atoms with Crippen molar-refractivity contribution in [3.05, 3.63) is 75.6 Å². The summed E-state index contributed by atoms with van der Waals surface area (Å²) in [6.45, 7) is 0.698. The van der Waals surface area contributed by atoms with Crippen LogP contribution >= 0.6 is 27.3 Å². The van der Waals surface area contributed by atoms with Crippen LogP contribution in [-0.2, 0) is 11.2 Å². The Morgan fingerprint density at radius 1 is 1.12 bits per heavy atom. The molecule has 1 atom stereocenters. The molecule has 1 N–H and O–H groups in total. The van der Waals surface area contributed by atoms with Crippen molar-refractivity contribution in [2.45, 2.75) is 12.5 Å². The van der Waals surface area contributed by atoms with Crippen molar-refractivity contribution in [2.75, 3.05) is 11.9 Å². The van der Waals surface area contributed by atoms with E-state index in [1.807, 2.05) is 36.4 Å². The van der Waals surface area contributed by atoms with Crippen LogP contribution in [0, 0.1) is 0 Å². The second kappa shape index (κ2) is 7.12. The summed E-state index contributed by atoms with van der Waals surface area (Å²) in [6, 6.07) is 17.8. The monoisotopic (exact) mass is 411 g/mol. The Morgan fingerprint density at radius 3 is 2.76 bits per heavy atom. The molecule has 0 spiro atoms. The molecule has 0 saturated carbocycles. The first-order chi connectivity index (χ1) is 12.2. The molecule has 0 saturated heterocycles. The van der Waals surface area contributed by atoms with Crippen molar-refractivity contribution in [1.82, 2.24) is 5.32 Å². The Hall–Kier alpha value is -1.95. The number of nitrogens with one attached hydrogen (secondary N) is 1. The minimum atomic E-state index is -0.414. The highest BCUT2D eigenvalue weighted by molar-refractivity contribution is 9.10. The van der Waals surface area contributed by atoms with Crippen LogP contribution in [0.4, 0.5) is 5.00 Å². The van der Waals surface area contributed by atoms with Gasteiger partial charge in [0.1, 0.15) is 6.04 Å². The van der Waals surface area contributed by atoms with Crippen molar-refractivity contribution in [3.63, 3.8) is 0 Å². The molecule has 0 aliphatic carbocycles. The molecule has 1 amide bonds. The Bertz CT molecular complexity index is 904. The fourth-order valence-corrected chi connectivity index (χ4v) is 4.13. The number of nitrogens with zero attached hydrogens (tertiary/aromatic N) is 1. The van der Waals surface area contributed by atoms with Gasteiger partial charge in [-0.25, -0.2) is 5.32 Å². The average Bonchev–Trinajstić information content (AvgIpc) is 3.10. The molecule has 25 heavy (non-hydrogen) atoms. The first-order valence-corrected chi connectivity index (χ1v) is 9.78. The van der Waals surface area contributed by atoms with Gasteiger partial charge >= 0.3 is 0 Å². The number of fused-ring (bicyclic) bond motifs is 1. The molecule has 1 aliphatic heterocycles. The van der Waals surface area contributed by atoms with Crippen molar-refractivity contribution < 1.29 is 4.79 Å². The van der Waals surface area contributed by atoms with E-state index >= 15 is 0 Å². The van der Waals surface area contributed by atoms with Gasteiger partial charge in [-0.3, -0.25) is 4.79 Å². The van der Waals surface area contributed by atoms with Gasteiger partial charge in [0, 0.05) is 16.4 Å². The van der Waals surface area contributed by atoms with Crippen LogP contribution in [0.25, 0.3) is 11.1 Å². The third kappa shape index (κ3) is 3.54. The zero-order valence-electron chi connectivity index (χ0n) is 13.4. The van der Waals surface area contributed by atoms with E-state index in [0.717, 1.165) is 32.6 Å². The maximum absolute atomic E-state index is 12.7. The number of benzene rings is 2. The van der Waals surface area contributed by atoms with E-state index < -0.39 is 6.04 Å². The van der Waals surface area contributed by atoms with Crippen LogP contribution in [0.5, 0.6) is 0 Å². The first kappa shape index (κ1) is 16.5. The fraction of sp³-hybridized carbons (Fsp3) is 0.150. The normalized spacial score (nSPS) is 16.3. The lowest BCUT2D eigenvalue weighted by Crippen LogP contribution is -2.33. The SMILES string of the molecule is O=C(Nc1cc(-c2ccc(Br)cc2)cs1)C1[N]CCc2ccccc21. The number of hydrogen-bond acceptors (Lipinski definition) is 2. The number of carbonyl (C=O) groups excluding carboxylic acids is 1. The van der Waals surface area contributed by atoms with Gasteiger partial charge in [0.15, 0.2) is 0 Å². The van der Waals surface area contributed by atoms with Gasteiger partial charge in [-0.05, 0) is 46.9 Å². The van der Waals surface area contributed by atoms with E-state index in [4.69, 9.17) is 0 Å². The van der Waals surface area contributed by atoms with Crippen LogP contribution in [0.3, 0.4) is 0 Å². The molecule has 2 aromatic carbocycles. The van der Waals surface area contributed by atoms with Crippen molar-refractivity contribution in [3.8, 4) is 11.1 Å². The number of halogens is 1. The number of carbonyl (C=O) groups is 1. The fourth-order valence-electron chi connectivity index (χ4n) is 3.05.